The monoisotopic (exact) mass is 1240 g/mol. The maximum atomic E-state index is 15.9. The molecule has 2 fully saturated rings. The SMILES string of the molecule is CC1NC(C(O)[C@H](Cc2ccccc2)NC(=O)c2cc(C(=O)OC(C3C(=O)N(Cc4ccccc4)C(C)(C(C)(C)C)N3C(=O)O)[C@H](Cc3ccccc3)NC(=O)OC(C)(C)C)cc([N+](C)([C@H](C)c3ccc(F)cc3)S(C)(=O)=O)c2)C(=O)N1Cc1ccccc1. The van der Waals surface area contributed by atoms with Crippen molar-refractivity contribution in [2.45, 2.75) is 148 Å². The Hall–Kier alpha value is -8.50. The van der Waals surface area contributed by atoms with Crippen LogP contribution < -0.4 is 19.8 Å². The Morgan fingerprint density at radius 3 is 1.71 bits per heavy atom. The van der Waals surface area contributed by atoms with Gasteiger partial charge in [-0.25, -0.2) is 18.8 Å². The number of nitrogens with one attached hydrogen (secondary N) is 3. The van der Waals surface area contributed by atoms with Crippen molar-refractivity contribution in [2.75, 3.05) is 13.3 Å². The zero-order chi connectivity index (χ0) is 65.0. The maximum Gasteiger partial charge on any atom is 0.410 e. The molecule has 5 N–H and O–H groups in total. The lowest BCUT2D eigenvalue weighted by molar-refractivity contribution is -0.137. The van der Waals surface area contributed by atoms with E-state index in [1.54, 1.807) is 158 Å². The highest BCUT2D eigenvalue weighted by Gasteiger charge is 2.65. The van der Waals surface area contributed by atoms with Gasteiger partial charge in [-0.1, -0.05) is 154 Å². The number of carbonyl (C=O) groups is 6. The van der Waals surface area contributed by atoms with Gasteiger partial charge in [0.15, 0.2) is 12.1 Å². The molecule has 2 saturated heterocycles. The Labute approximate surface area is 520 Å². The number of nitrogens with zero attached hydrogens (tertiary/aromatic N) is 4. The Bertz CT molecular complexity index is 3630. The fourth-order valence-electron chi connectivity index (χ4n) is 11.9. The second-order valence-corrected chi connectivity index (χ2v) is 27.6. The molecule has 89 heavy (non-hydrogen) atoms. The summed E-state index contributed by atoms with van der Waals surface area (Å²) in [4.78, 5) is 93.8. The van der Waals surface area contributed by atoms with E-state index in [9.17, 15) is 37.4 Å². The molecule has 0 radical (unpaired) electrons. The molecule has 6 aromatic rings. The summed E-state index contributed by atoms with van der Waals surface area (Å²) in [5.41, 5.74) is -1.69. The van der Waals surface area contributed by atoms with Crippen LogP contribution >= 0.6 is 0 Å². The standard InChI is InChI=1S/C68H80FN7O12S/c1-43(49-32-34-52(69)35-33-49)76(10,89(11,85)86)53-39-50(60(78)71-54(36-45-24-16-12-17-25-45)58(77)56-61(79)73(44(2)70-56)41-47-28-20-14-21-29-47)38-51(40-53)63(81)87-59(55(37-46-26-18-13-19-27-46)72-64(82)88-67(6,7)8)57-62(80)74(42-48-30-22-15-23-31-48)68(9,66(3,4)5)75(57)65(83)84/h12-35,38-40,43-44,54-59,70,77H,36-37,41-42H2,1-11H3,(H2-,71,72,78,82,83,84)/p+1/t43-,44?,54+,55+,56?,57?,58?,59?,68?,76?/m1/s1. The molecule has 2 heterocycles. The molecule has 0 bridgehead atoms. The zero-order valence-electron chi connectivity index (χ0n) is 52.1. The van der Waals surface area contributed by atoms with Crippen molar-refractivity contribution >= 4 is 51.6 Å². The molecule has 6 aromatic carbocycles. The molecule has 0 aromatic heterocycles. The Morgan fingerprint density at radius 2 is 1.21 bits per heavy atom. The molecule has 2 aliphatic heterocycles. The second kappa shape index (κ2) is 26.7. The maximum absolute atomic E-state index is 15.9. The normalized spacial score (nSPS) is 20.4. The predicted octanol–water partition coefficient (Wildman–Crippen LogP) is 9.35. The van der Waals surface area contributed by atoms with E-state index in [1.165, 1.54) is 48.3 Å². The number of rotatable bonds is 21. The van der Waals surface area contributed by atoms with Crippen molar-refractivity contribution in [3.63, 3.8) is 0 Å². The van der Waals surface area contributed by atoms with E-state index in [-0.39, 0.29) is 37.2 Å². The Balaban J connectivity index is 1.30. The van der Waals surface area contributed by atoms with Crippen molar-refractivity contribution in [1.82, 2.24) is 34.5 Å². The molecule has 8 rings (SSSR count). The first-order valence-electron chi connectivity index (χ1n) is 29.5. The van der Waals surface area contributed by atoms with Crippen LogP contribution in [0.5, 0.6) is 0 Å². The van der Waals surface area contributed by atoms with Gasteiger partial charge in [0.2, 0.25) is 5.91 Å². The molecule has 0 spiro atoms. The average molecular weight is 1240 g/mol. The van der Waals surface area contributed by atoms with Crippen LogP contribution in [0, 0.1) is 11.2 Å². The minimum atomic E-state index is -4.40. The van der Waals surface area contributed by atoms with E-state index in [2.05, 4.69) is 16.0 Å². The number of halogens is 1. The molecule has 21 heteroatoms. The van der Waals surface area contributed by atoms with E-state index in [0.29, 0.717) is 22.3 Å². The molecule has 2 aliphatic rings. The van der Waals surface area contributed by atoms with Crippen molar-refractivity contribution in [1.29, 1.82) is 0 Å². The third kappa shape index (κ3) is 14.7. The first-order chi connectivity index (χ1) is 41.8. The van der Waals surface area contributed by atoms with Gasteiger partial charge in [-0.2, -0.15) is 12.3 Å². The number of carbonyl (C=O) groups excluding carboxylic acids is 5. The fourth-order valence-corrected chi connectivity index (χ4v) is 13.0. The van der Waals surface area contributed by atoms with Crippen LogP contribution in [0.25, 0.3) is 0 Å². The second-order valence-electron chi connectivity index (χ2n) is 25.3. The van der Waals surface area contributed by atoms with Crippen LogP contribution in [0.15, 0.2) is 164 Å². The number of aliphatic hydroxyl groups is 1. The van der Waals surface area contributed by atoms with Crippen LogP contribution in [0.2, 0.25) is 0 Å². The summed E-state index contributed by atoms with van der Waals surface area (Å²) in [6, 6.07) is 37.8. The number of aliphatic hydroxyl groups excluding tert-OH is 1. The highest BCUT2D eigenvalue weighted by Crippen LogP contribution is 2.47. The summed E-state index contributed by atoms with van der Waals surface area (Å²) >= 11 is 0. The lowest BCUT2D eigenvalue weighted by Crippen LogP contribution is -2.64. The summed E-state index contributed by atoms with van der Waals surface area (Å²) in [6.45, 7) is 15.3. The first-order valence-corrected chi connectivity index (χ1v) is 31.4. The summed E-state index contributed by atoms with van der Waals surface area (Å²) in [7, 11) is -3.05. The molecule has 0 aliphatic carbocycles. The van der Waals surface area contributed by atoms with Gasteiger partial charge in [-0.05, 0) is 94.8 Å². The molecule has 7 unspecified atom stereocenters. The molecule has 10 atom stereocenters. The van der Waals surface area contributed by atoms with Crippen molar-refractivity contribution < 1.29 is 61.3 Å². The lowest BCUT2D eigenvalue weighted by atomic mass is 9.79. The summed E-state index contributed by atoms with van der Waals surface area (Å²) in [5.74, 6) is -4.02. The van der Waals surface area contributed by atoms with Crippen molar-refractivity contribution in [3.8, 4) is 0 Å². The van der Waals surface area contributed by atoms with Gasteiger partial charge in [-0.3, -0.25) is 24.6 Å². The molecule has 0 saturated carbocycles. The minimum absolute atomic E-state index is 0.0149. The number of hydrogen-bond acceptors (Lipinski definition) is 12. The van der Waals surface area contributed by atoms with E-state index < -0.39 is 126 Å². The number of benzene rings is 6. The van der Waals surface area contributed by atoms with Gasteiger partial charge >= 0.3 is 18.2 Å². The number of ether oxygens (including phenoxy) is 2. The Morgan fingerprint density at radius 1 is 0.719 bits per heavy atom. The number of sulfonamides is 1. The van der Waals surface area contributed by atoms with Crippen LogP contribution in [0.1, 0.15) is 117 Å². The van der Waals surface area contributed by atoms with E-state index in [1.807, 2.05) is 30.3 Å². The number of alkyl carbamates (subject to hydrolysis) is 1. The quantitative estimate of drug-likeness (QED) is 0.0334. The number of carboxylic acid groups (broad SMARTS) is 1. The lowest BCUT2D eigenvalue weighted by Gasteiger charge is -2.49. The largest absolute Gasteiger partial charge is 0.465 e. The first kappa shape index (κ1) is 66.5. The number of esters is 1. The molecule has 19 nitrogen and oxygen atoms in total. The molecular formula is C68H81FN7O12S+. The topological polar surface area (TPSA) is 241 Å². The van der Waals surface area contributed by atoms with Gasteiger partial charge in [0, 0.05) is 41.8 Å². The highest BCUT2D eigenvalue weighted by molar-refractivity contribution is 7.90. The average Bonchev–Trinajstić information content (AvgIpc) is 1.62. The summed E-state index contributed by atoms with van der Waals surface area (Å²) in [6.07, 6.45) is -5.82. The van der Waals surface area contributed by atoms with Gasteiger partial charge in [0.05, 0.1) is 43.2 Å². The fraction of sp³-hybridized carbons (Fsp3) is 0.382. The van der Waals surface area contributed by atoms with Crippen LogP contribution in [0.4, 0.5) is 19.7 Å². The predicted molar refractivity (Wildman–Crippen MR) is 336 cm³/mol. The highest BCUT2D eigenvalue weighted by atomic mass is 32.2. The van der Waals surface area contributed by atoms with E-state index in [4.69, 9.17) is 9.47 Å². The third-order valence-electron chi connectivity index (χ3n) is 17.3. The van der Waals surface area contributed by atoms with Gasteiger partial charge in [-0.15, -0.1) is 0 Å². The minimum Gasteiger partial charge on any atom is -0.465 e. The van der Waals surface area contributed by atoms with Gasteiger partial charge < -0.3 is 40.1 Å². The van der Waals surface area contributed by atoms with E-state index in [0.717, 1.165) is 22.8 Å². The number of amides is 5. The Kier molecular flexibility index (Phi) is 19.9. The van der Waals surface area contributed by atoms with Crippen molar-refractivity contribution in [3.05, 3.63) is 209 Å². The molecular weight excluding hydrogens is 1160 g/mol. The van der Waals surface area contributed by atoms with Crippen LogP contribution in [-0.2, 0) is 55.0 Å². The molecule has 5 amide bonds. The van der Waals surface area contributed by atoms with E-state index >= 15 is 14.4 Å². The van der Waals surface area contributed by atoms with Crippen LogP contribution in [-0.4, -0.2) is 136 Å². The zero-order valence-corrected chi connectivity index (χ0v) is 52.9. The smallest absolute Gasteiger partial charge is 0.410 e. The van der Waals surface area contributed by atoms with Crippen LogP contribution in [0.3, 0.4) is 0 Å². The molecule has 472 valence electrons. The number of hydrogen-bond donors (Lipinski definition) is 5. The number of quaternary nitrogens is 1. The third-order valence-corrected chi connectivity index (χ3v) is 19.2. The summed E-state index contributed by atoms with van der Waals surface area (Å²) in [5, 5.41) is 32.9. The van der Waals surface area contributed by atoms with Gasteiger partial charge in [0.25, 0.3) is 21.8 Å². The van der Waals surface area contributed by atoms with Crippen molar-refractivity contribution in [2.24, 2.45) is 5.41 Å². The summed E-state index contributed by atoms with van der Waals surface area (Å²) < 4.78 is 55.1. The van der Waals surface area contributed by atoms with Gasteiger partial charge in [0.1, 0.15) is 34.9 Å².